The first-order chi connectivity index (χ1) is 32.1. The zero-order valence-corrected chi connectivity index (χ0v) is 43.4. The topological polar surface area (TPSA) is 167 Å². The molecule has 4 rings (SSSR count). The van der Waals surface area contributed by atoms with Gasteiger partial charge in [-0.2, -0.15) is 0 Å². The van der Waals surface area contributed by atoms with Crippen molar-refractivity contribution in [2.45, 2.75) is 137 Å². The molecule has 6 atom stereocenters. The van der Waals surface area contributed by atoms with Gasteiger partial charge in [0.25, 0.3) is 0 Å². The van der Waals surface area contributed by atoms with Gasteiger partial charge in [-0.05, 0) is 122 Å². The zero-order valence-electron chi connectivity index (χ0n) is 43.4. The van der Waals surface area contributed by atoms with Crippen molar-refractivity contribution in [2.75, 3.05) is 68.1 Å². The number of hydrogen-bond acceptors (Lipinski definition) is 14. The van der Waals surface area contributed by atoms with Crippen LogP contribution >= 0.6 is 0 Å². The first-order valence-corrected chi connectivity index (χ1v) is 23.7. The summed E-state index contributed by atoms with van der Waals surface area (Å²) in [6.45, 7) is 27.2. The fraction of sp³-hybridized carbons (Fsp3) is 0.654. The molecule has 2 aliphatic rings. The zero-order chi connectivity index (χ0) is 50.9. The van der Waals surface area contributed by atoms with Crippen LogP contribution in [-0.2, 0) is 38.0 Å². The first kappa shape index (κ1) is 57.1. The van der Waals surface area contributed by atoms with Gasteiger partial charge in [0.2, 0.25) is 0 Å². The maximum absolute atomic E-state index is 13.4. The molecule has 2 unspecified atom stereocenters. The lowest BCUT2D eigenvalue weighted by atomic mass is 9.84. The fourth-order valence-electron chi connectivity index (χ4n) is 8.44. The molecule has 2 aromatic carbocycles. The molecule has 0 bridgehead atoms. The molecule has 2 amide bonds. The lowest BCUT2D eigenvalue weighted by Crippen LogP contribution is -2.45. The van der Waals surface area contributed by atoms with Gasteiger partial charge >= 0.3 is 24.1 Å². The van der Waals surface area contributed by atoms with Gasteiger partial charge in [-0.3, -0.25) is 9.80 Å². The number of amides is 2. The fourth-order valence-corrected chi connectivity index (χ4v) is 8.44. The number of likely N-dealkylation sites (tertiary alicyclic amines) is 2. The SMILES string of the molecule is C=C(C)[C@@H]1C[C@@H](C(=O)OCC)N(C(=O)OC(C)(C)C)C1c1ccc(OC)c(OCCCOC)c1.CCOC(=O)[C@@H]1C[C@@H](C(C)C)C(c2ccc(OC)c(OCCCOC)c2)N1C(=O)OC(C)(C)C. The number of methoxy groups -OCH3 is 4. The van der Waals surface area contributed by atoms with Crippen LogP contribution in [0.1, 0.15) is 125 Å². The van der Waals surface area contributed by atoms with Crippen LogP contribution in [0.2, 0.25) is 0 Å². The molecule has 2 aromatic rings. The molecule has 2 aliphatic heterocycles. The van der Waals surface area contributed by atoms with Crippen molar-refractivity contribution in [1.29, 1.82) is 0 Å². The van der Waals surface area contributed by atoms with Crippen molar-refractivity contribution in [3.8, 4) is 23.0 Å². The van der Waals surface area contributed by atoms with Gasteiger partial charge < -0.3 is 47.4 Å². The highest BCUT2D eigenvalue weighted by Crippen LogP contribution is 2.49. The molecule has 0 spiro atoms. The Morgan fingerprint density at radius 1 is 0.632 bits per heavy atom. The summed E-state index contributed by atoms with van der Waals surface area (Å²) in [5.74, 6) is 1.53. The van der Waals surface area contributed by atoms with Crippen molar-refractivity contribution in [3.05, 3.63) is 59.7 Å². The van der Waals surface area contributed by atoms with E-state index in [4.69, 9.17) is 47.4 Å². The number of benzene rings is 2. The molecule has 0 N–H and O–H groups in total. The molecule has 0 aromatic heterocycles. The van der Waals surface area contributed by atoms with Gasteiger partial charge in [0.1, 0.15) is 23.3 Å². The highest BCUT2D eigenvalue weighted by Gasteiger charge is 2.52. The van der Waals surface area contributed by atoms with E-state index in [9.17, 15) is 19.2 Å². The summed E-state index contributed by atoms with van der Waals surface area (Å²) in [5, 5.41) is 0. The van der Waals surface area contributed by atoms with Crippen molar-refractivity contribution < 1.29 is 66.5 Å². The van der Waals surface area contributed by atoms with Crippen molar-refractivity contribution in [3.63, 3.8) is 0 Å². The minimum absolute atomic E-state index is 0.0247. The van der Waals surface area contributed by atoms with Crippen molar-refractivity contribution in [1.82, 2.24) is 9.80 Å². The minimum atomic E-state index is -0.783. The lowest BCUT2D eigenvalue weighted by Gasteiger charge is -2.34. The third kappa shape index (κ3) is 15.9. The maximum Gasteiger partial charge on any atom is 0.411 e. The molecule has 0 aliphatic carbocycles. The Kier molecular flexibility index (Phi) is 22.3. The van der Waals surface area contributed by atoms with Crippen molar-refractivity contribution >= 4 is 24.1 Å². The summed E-state index contributed by atoms with van der Waals surface area (Å²) in [6.07, 6.45) is 1.24. The Morgan fingerprint density at radius 3 is 1.41 bits per heavy atom. The van der Waals surface area contributed by atoms with E-state index < -0.39 is 53.5 Å². The average molecular weight is 957 g/mol. The second-order valence-corrected chi connectivity index (χ2v) is 19.2. The number of nitrogens with zero attached hydrogens (tertiary/aromatic N) is 2. The molecule has 16 heteroatoms. The molecule has 68 heavy (non-hydrogen) atoms. The Labute approximate surface area is 405 Å². The third-order valence-electron chi connectivity index (χ3n) is 11.4. The third-order valence-corrected chi connectivity index (χ3v) is 11.4. The van der Waals surface area contributed by atoms with Crippen LogP contribution in [0, 0.1) is 17.8 Å². The van der Waals surface area contributed by atoms with Crippen LogP contribution in [0.3, 0.4) is 0 Å². The van der Waals surface area contributed by atoms with Crippen LogP contribution in [-0.4, -0.2) is 125 Å². The van der Waals surface area contributed by atoms with Gasteiger partial charge in [0.15, 0.2) is 23.0 Å². The van der Waals surface area contributed by atoms with Gasteiger partial charge in [0.05, 0.1) is 52.7 Å². The second kappa shape index (κ2) is 26.5. The van der Waals surface area contributed by atoms with Crippen molar-refractivity contribution in [2.24, 2.45) is 17.8 Å². The average Bonchev–Trinajstić information content (AvgIpc) is 3.88. The molecular formula is C52H80N2O14. The molecule has 0 saturated carbocycles. The highest BCUT2D eigenvalue weighted by molar-refractivity contribution is 5.84. The number of esters is 2. The van der Waals surface area contributed by atoms with E-state index in [-0.39, 0.29) is 37.0 Å². The van der Waals surface area contributed by atoms with Gasteiger partial charge in [-0.15, -0.1) is 0 Å². The van der Waals surface area contributed by atoms with E-state index in [1.807, 2.05) is 58.0 Å². The Morgan fingerprint density at radius 2 is 1.04 bits per heavy atom. The van der Waals surface area contributed by atoms with Crippen LogP contribution in [0.25, 0.3) is 0 Å². The molecule has 16 nitrogen and oxygen atoms in total. The Hall–Kier alpha value is -5.22. The lowest BCUT2D eigenvalue weighted by molar-refractivity contribution is -0.149. The smallest absolute Gasteiger partial charge is 0.411 e. The predicted molar refractivity (Wildman–Crippen MR) is 258 cm³/mol. The number of rotatable bonds is 20. The normalized spacial score (nSPS) is 20.2. The largest absolute Gasteiger partial charge is 0.493 e. The molecule has 382 valence electrons. The monoisotopic (exact) mass is 957 g/mol. The summed E-state index contributed by atoms with van der Waals surface area (Å²) in [4.78, 5) is 55.6. The first-order valence-electron chi connectivity index (χ1n) is 23.7. The van der Waals surface area contributed by atoms with E-state index in [0.29, 0.717) is 62.3 Å². The van der Waals surface area contributed by atoms with Crippen LogP contribution in [0.4, 0.5) is 9.59 Å². The van der Waals surface area contributed by atoms with E-state index in [1.165, 1.54) is 4.90 Å². The summed E-state index contributed by atoms with van der Waals surface area (Å²) < 4.78 is 55.2. The second-order valence-electron chi connectivity index (χ2n) is 19.2. The Balaban J connectivity index is 0.000000360. The number of carbonyl (C=O) groups is 4. The van der Waals surface area contributed by atoms with Gasteiger partial charge in [-0.1, -0.05) is 38.1 Å². The van der Waals surface area contributed by atoms with E-state index >= 15 is 0 Å². The van der Waals surface area contributed by atoms with Crippen LogP contribution in [0.5, 0.6) is 23.0 Å². The number of hydrogen-bond donors (Lipinski definition) is 0. The highest BCUT2D eigenvalue weighted by atomic mass is 16.6. The molecule has 2 fully saturated rings. The van der Waals surface area contributed by atoms with Gasteiger partial charge in [0, 0.05) is 46.2 Å². The summed E-state index contributed by atoms with van der Waals surface area (Å²) in [6, 6.07) is 8.84. The predicted octanol–water partition coefficient (Wildman–Crippen LogP) is 9.91. The van der Waals surface area contributed by atoms with Gasteiger partial charge in [-0.25, -0.2) is 19.2 Å². The van der Waals surface area contributed by atoms with Crippen LogP contribution < -0.4 is 18.9 Å². The number of ether oxygens (including phenoxy) is 10. The van der Waals surface area contributed by atoms with E-state index in [2.05, 4.69) is 20.4 Å². The summed E-state index contributed by atoms with van der Waals surface area (Å²) >= 11 is 0. The quantitative estimate of drug-likeness (QED) is 0.0532. The molecule has 2 heterocycles. The molecule has 2 saturated heterocycles. The minimum Gasteiger partial charge on any atom is -0.493 e. The Bertz CT molecular complexity index is 1960. The maximum atomic E-state index is 13.4. The van der Waals surface area contributed by atoms with E-state index in [1.54, 1.807) is 74.0 Å². The molecular weight excluding hydrogens is 877 g/mol. The van der Waals surface area contributed by atoms with E-state index in [0.717, 1.165) is 29.5 Å². The number of carbonyl (C=O) groups excluding carboxylic acids is 4. The summed E-state index contributed by atoms with van der Waals surface area (Å²) in [5.41, 5.74) is 1.10. The molecule has 0 radical (unpaired) electrons. The standard InChI is InChI=1S/C26H41NO7.C26H39NO7/c2*1-9-32-24(28)20-16-19(17(2)3)23(27(20)25(29)34-26(4,5)6)18-11-12-21(31-8)22(15-18)33-14-10-13-30-7/h11-12,15,17,19-20,23H,9-10,13-14,16H2,1-8H3;11-12,15,19-20,23H,2,9-10,13-14,16H2,1,3-8H3/t2*19-,20-,23?/m00/s1. The summed E-state index contributed by atoms with van der Waals surface area (Å²) in [7, 11) is 6.46. The van der Waals surface area contributed by atoms with Crippen LogP contribution in [0.15, 0.2) is 48.6 Å².